The van der Waals surface area contributed by atoms with Crippen LogP contribution in [0.4, 0.5) is 4.79 Å². The van der Waals surface area contributed by atoms with Crippen molar-refractivity contribution in [3.63, 3.8) is 0 Å². The summed E-state index contributed by atoms with van der Waals surface area (Å²) >= 11 is 0. The molecule has 0 aromatic carbocycles. The van der Waals surface area contributed by atoms with Gasteiger partial charge in [-0.3, -0.25) is 9.59 Å². The van der Waals surface area contributed by atoms with Gasteiger partial charge in [-0.2, -0.15) is 0 Å². The highest BCUT2D eigenvalue weighted by molar-refractivity contribution is 5.76. The SMILES string of the molecule is CC(=O)NC[C@H](N)C(=O)O.NC(=O)O. The third-order valence-corrected chi connectivity index (χ3v) is 0.888. The molecule has 8 nitrogen and oxygen atoms in total. The monoisotopic (exact) mass is 207 g/mol. The maximum atomic E-state index is 10.2. The van der Waals surface area contributed by atoms with Gasteiger partial charge in [-0.25, -0.2) is 4.79 Å². The van der Waals surface area contributed by atoms with Crippen LogP contribution < -0.4 is 16.8 Å². The molecule has 8 heteroatoms. The molecule has 82 valence electrons. The van der Waals surface area contributed by atoms with E-state index in [4.69, 9.17) is 20.7 Å². The highest BCUT2D eigenvalue weighted by atomic mass is 16.4. The molecule has 0 saturated heterocycles. The number of nitrogens with two attached hydrogens (primary N) is 2. The summed E-state index contributed by atoms with van der Waals surface area (Å²) in [7, 11) is 0. The van der Waals surface area contributed by atoms with Crippen LogP contribution in [0.3, 0.4) is 0 Å². The Morgan fingerprint density at radius 1 is 1.36 bits per heavy atom. The van der Waals surface area contributed by atoms with Gasteiger partial charge in [0.25, 0.3) is 0 Å². The normalized spacial score (nSPS) is 10.4. The Morgan fingerprint density at radius 2 is 1.71 bits per heavy atom. The average Bonchev–Trinajstić information content (AvgIpc) is 1.98. The first kappa shape index (κ1) is 14.7. The average molecular weight is 207 g/mol. The van der Waals surface area contributed by atoms with Crippen molar-refractivity contribution in [2.45, 2.75) is 13.0 Å². The molecule has 0 radical (unpaired) electrons. The van der Waals surface area contributed by atoms with Crippen LogP contribution in [-0.2, 0) is 9.59 Å². The molecule has 0 aromatic heterocycles. The van der Waals surface area contributed by atoms with Crippen molar-refractivity contribution in [2.24, 2.45) is 11.5 Å². The number of hydrogen-bond donors (Lipinski definition) is 5. The Hall–Kier alpha value is -1.83. The third kappa shape index (κ3) is 16.6. The van der Waals surface area contributed by atoms with Crippen molar-refractivity contribution in [2.75, 3.05) is 6.54 Å². The zero-order chi connectivity index (χ0) is 11.7. The zero-order valence-corrected chi connectivity index (χ0v) is 7.56. The van der Waals surface area contributed by atoms with Gasteiger partial charge in [-0.1, -0.05) is 0 Å². The summed E-state index contributed by atoms with van der Waals surface area (Å²) in [5.74, 6) is -1.40. The molecule has 2 amide bonds. The molecule has 0 rings (SSSR count). The molecule has 0 aliphatic carbocycles. The largest absolute Gasteiger partial charge is 0.480 e. The summed E-state index contributed by atoms with van der Waals surface area (Å²) in [5, 5.41) is 17.7. The minimum Gasteiger partial charge on any atom is -0.480 e. The second-order valence-corrected chi connectivity index (χ2v) is 2.22. The Morgan fingerprint density at radius 3 is 1.93 bits per heavy atom. The van der Waals surface area contributed by atoms with Crippen LogP contribution in [0, 0.1) is 0 Å². The first-order chi connectivity index (χ1) is 6.27. The number of carbonyl (C=O) groups excluding carboxylic acids is 1. The summed E-state index contributed by atoms with van der Waals surface area (Å²) in [6, 6.07) is -1.01. The van der Waals surface area contributed by atoms with Crippen LogP contribution in [0.1, 0.15) is 6.92 Å². The van der Waals surface area contributed by atoms with Gasteiger partial charge in [0, 0.05) is 13.5 Å². The van der Waals surface area contributed by atoms with Gasteiger partial charge in [-0.05, 0) is 0 Å². The van der Waals surface area contributed by atoms with Crippen molar-refractivity contribution < 1.29 is 24.6 Å². The van der Waals surface area contributed by atoms with Crippen LogP contribution in [-0.4, -0.2) is 40.8 Å². The van der Waals surface area contributed by atoms with E-state index in [2.05, 4.69) is 11.1 Å². The van der Waals surface area contributed by atoms with Gasteiger partial charge in [0.2, 0.25) is 5.91 Å². The predicted octanol–water partition coefficient (Wildman–Crippen LogP) is -1.84. The van der Waals surface area contributed by atoms with Crippen LogP contribution in [0.15, 0.2) is 0 Å². The second kappa shape index (κ2) is 7.80. The van der Waals surface area contributed by atoms with Crippen molar-refractivity contribution in [3.8, 4) is 0 Å². The Balaban J connectivity index is 0. The Kier molecular flexibility index (Phi) is 8.18. The van der Waals surface area contributed by atoms with E-state index in [9.17, 15) is 9.59 Å². The molecule has 0 aromatic rings. The fraction of sp³-hybridized carbons (Fsp3) is 0.500. The second-order valence-electron chi connectivity index (χ2n) is 2.22. The molecule has 0 bridgehead atoms. The van der Waals surface area contributed by atoms with Crippen LogP contribution in [0.2, 0.25) is 0 Å². The number of carbonyl (C=O) groups is 3. The highest BCUT2D eigenvalue weighted by Gasteiger charge is 2.10. The van der Waals surface area contributed by atoms with E-state index < -0.39 is 18.1 Å². The first-order valence-electron chi connectivity index (χ1n) is 3.48. The van der Waals surface area contributed by atoms with E-state index in [1.165, 1.54) is 6.92 Å². The van der Waals surface area contributed by atoms with Gasteiger partial charge in [0.1, 0.15) is 6.04 Å². The lowest BCUT2D eigenvalue weighted by Crippen LogP contribution is -2.41. The molecular formula is C6H13N3O5. The first-order valence-corrected chi connectivity index (χ1v) is 3.48. The quantitative estimate of drug-likeness (QED) is 0.366. The van der Waals surface area contributed by atoms with Gasteiger partial charge >= 0.3 is 12.1 Å². The predicted molar refractivity (Wildman–Crippen MR) is 46.5 cm³/mol. The van der Waals surface area contributed by atoms with Crippen molar-refractivity contribution in [1.82, 2.24) is 5.32 Å². The molecule has 0 spiro atoms. The summed E-state index contributed by atoms with van der Waals surface area (Å²) in [6.45, 7) is 1.28. The van der Waals surface area contributed by atoms with Gasteiger partial charge in [0.15, 0.2) is 0 Å². The van der Waals surface area contributed by atoms with E-state index >= 15 is 0 Å². The molecular weight excluding hydrogens is 194 g/mol. The number of carboxylic acid groups (broad SMARTS) is 2. The number of rotatable bonds is 3. The number of nitrogens with one attached hydrogen (secondary N) is 1. The molecule has 0 aliphatic rings. The highest BCUT2D eigenvalue weighted by Crippen LogP contribution is 1.74. The zero-order valence-electron chi connectivity index (χ0n) is 7.56. The van der Waals surface area contributed by atoms with E-state index in [1.807, 2.05) is 0 Å². The van der Waals surface area contributed by atoms with Gasteiger partial charge in [-0.15, -0.1) is 0 Å². The Bertz CT molecular complexity index is 214. The maximum Gasteiger partial charge on any atom is 0.402 e. The minimum atomic E-state index is -1.33. The van der Waals surface area contributed by atoms with E-state index in [0.717, 1.165) is 0 Å². The lowest BCUT2D eigenvalue weighted by Gasteiger charge is -2.05. The van der Waals surface area contributed by atoms with Crippen molar-refractivity contribution >= 4 is 18.0 Å². The molecule has 0 unspecified atom stereocenters. The third-order valence-electron chi connectivity index (χ3n) is 0.888. The Labute approximate surface area is 79.9 Å². The molecule has 14 heavy (non-hydrogen) atoms. The smallest absolute Gasteiger partial charge is 0.402 e. The molecule has 0 aliphatic heterocycles. The minimum absolute atomic E-state index is 0.0231. The molecule has 0 heterocycles. The van der Waals surface area contributed by atoms with E-state index in [-0.39, 0.29) is 12.5 Å². The number of amides is 2. The van der Waals surface area contributed by atoms with Crippen LogP contribution in [0.25, 0.3) is 0 Å². The number of hydrogen-bond acceptors (Lipinski definition) is 4. The van der Waals surface area contributed by atoms with Crippen molar-refractivity contribution in [1.29, 1.82) is 0 Å². The summed E-state index contributed by atoms with van der Waals surface area (Å²) in [5.41, 5.74) is 9.08. The van der Waals surface area contributed by atoms with Gasteiger partial charge in [0.05, 0.1) is 0 Å². The standard InChI is InChI=1S/C5H10N2O3.CH3NO2/c1-3(8)7-2-4(6)5(9)10;2-1(3)4/h4H,2,6H2,1H3,(H,7,8)(H,9,10);2H2,(H,3,4)/t4-;/m0./s1. The number of primary amides is 1. The van der Waals surface area contributed by atoms with Crippen LogP contribution >= 0.6 is 0 Å². The fourth-order valence-corrected chi connectivity index (χ4v) is 0.341. The summed E-state index contributed by atoms with van der Waals surface area (Å²) < 4.78 is 0. The lowest BCUT2D eigenvalue weighted by atomic mass is 10.3. The molecule has 7 N–H and O–H groups in total. The molecule has 0 saturated carbocycles. The topological polar surface area (TPSA) is 156 Å². The summed E-state index contributed by atoms with van der Waals surface area (Å²) in [6.07, 6.45) is -1.33. The van der Waals surface area contributed by atoms with E-state index in [1.54, 1.807) is 0 Å². The van der Waals surface area contributed by atoms with Crippen molar-refractivity contribution in [3.05, 3.63) is 0 Å². The molecule has 1 atom stereocenters. The summed E-state index contributed by atoms with van der Waals surface area (Å²) in [4.78, 5) is 29.0. The molecule has 0 fully saturated rings. The lowest BCUT2D eigenvalue weighted by molar-refractivity contribution is -0.138. The number of carboxylic acids is 1. The number of aliphatic carboxylic acids is 1. The maximum absolute atomic E-state index is 10.2. The fourth-order valence-electron chi connectivity index (χ4n) is 0.341. The van der Waals surface area contributed by atoms with Gasteiger partial charge < -0.3 is 27.0 Å². The van der Waals surface area contributed by atoms with Crippen LogP contribution in [0.5, 0.6) is 0 Å². The van der Waals surface area contributed by atoms with E-state index in [0.29, 0.717) is 0 Å².